The first-order valence-electron chi connectivity index (χ1n) is 17.1. The van der Waals surface area contributed by atoms with Crippen LogP contribution in [0.3, 0.4) is 0 Å². The molecule has 0 spiro atoms. The smallest absolute Gasteiger partial charge is 0.266 e. The summed E-state index contributed by atoms with van der Waals surface area (Å²) in [6, 6.07) is 17.3. The van der Waals surface area contributed by atoms with Crippen molar-refractivity contribution in [3.05, 3.63) is 82.9 Å². The molecular formula is C38H43N3O11. The van der Waals surface area contributed by atoms with Gasteiger partial charge in [-0.3, -0.25) is 34.2 Å². The van der Waals surface area contributed by atoms with Gasteiger partial charge >= 0.3 is 0 Å². The van der Waals surface area contributed by atoms with Crippen LogP contribution in [-0.2, 0) is 36.7 Å². The van der Waals surface area contributed by atoms with E-state index in [4.69, 9.17) is 28.4 Å². The van der Waals surface area contributed by atoms with Gasteiger partial charge in [-0.25, -0.2) is 0 Å². The standard InChI is InChI=1S/C38H43N3O11/c1-47-30-15-11-26(23-32(30)48-2)6-3-5-25-9-12-27(13-10-25)52-24-34(43)39-17-18-49-19-20-50-21-22-51-31-8-4-7-28-35(31)38(46)41(37(28)45)29-14-16-33(42)40-36(29)44/h4,7-13,15,23,29H,3,5-6,14,16-22,24H2,1-2H3,(H,39,43)(H,40,42,44). The molecule has 0 radical (unpaired) electrons. The highest BCUT2D eigenvalue weighted by molar-refractivity contribution is 6.24. The number of fused-ring (bicyclic) bond motifs is 1. The van der Waals surface area contributed by atoms with Gasteiger partial charge in [0.05, 0.1) is 51.8 Å². The molecule has 2 N–H and O–H groups in total. The van der Waals surface area contributed by atoms with Gasteiger partial charge in [0, 0.05) is 13.0 Å². The second-order valence-electron chi connectivity index (χ2n) is 12.0. The maximum Gasteiger partial charge on any atom is 0.266 e. The van der Waals surface area contributed by atoms with Gasteiger partial charge in [0.2, 0.25) is 11.8 Å². The molecule has 3 aromatic rings. The summed E-state index contributed by atoms with van der Waals surface area (Å²) in [5, 5.41) is 4.93. The molecule has 0 saturated carbocycles. The van der Waals surface area contributed by atoms with Gasteiger partial charge in [-0.05, 0) is 73.2 Å². The molecule has 1 atom stereocenters. The SMILES string of the molecule is COc1ccc(CCCc2ccc(OCC(=O)NCCOCCOCCOc3cccc4c3C(=O)N(C3CCC(=O)NC3=O)C4=O)cc2)cc1OC. The molecule has 2 aliphatic heterocycles. The summed E-state index contributed by atoms with van der Waals surface area (Å²) in [6.07, 6.45) is 2.90. The number of nitrogens with zero attached hydrogens (tertiary/aromatic N) is 1. The predicted octanol–water partition coefficient (Wildman–Crippen LogP) is 2.89. The second-order valence-corrected chi connectivity index (χ2v) is 12.0. The van der Waals surface area contributed by atoms with Gasteiger partial charge in [0.1, 0.15) is 24.1 Å². The number of hydrogen-bond donors (Lipinski definition) is 2. The fraction of sp³-hybridized carbons (Fsp3) is 0.395. The zero-order valence-electron chi connectivity index (χ0n) is 29.3. The number of imide groups is 2. The molecule has 52 heavy (non-hydrogen) atoms. The number of piperidine rings is 1. The lowest BCUT2D eigenvalue weighted by Crippen LogP contribution is -2.54. The maximum atomic E-state index is 13.1. The Balaban J connectivity index is 0.897. The third kappa shape index (κ3) is 9.86. The van der Waals surface area contributed by atoms with Crippen molar-refractivity contribution < 1.29 is 52.4 Å². The predicted molar refractivity (Wildman–Crippen MR) is 187 cm³/mol. The summed E-state index contributed by atoms with van der Waals surface area (Å²) in [7, 11) is 3.25. The minimum atomic E-state index is -1.05. The summed E-state index contributed by atoms with van der Waals surface area (Å²) < 4.78 is 33.1. The first-order chi connectivity index (χ1) is 25.3. The minimum absolute atomic E-state index is 0.0415. The third-order valence-electron chi connectivity index (χ3n) is 8.53. The minimum Gasteiger partial charge on any atom is -0.493 e. The molecule has 5 amide bonds. The van der Waals surface area contributed by atoms with E-state index in [9.17, 15) is 24.0 Å². The van der Waals surface area contributed by atoms with E-state index in [0.717, 1.165) is 29.9 Å². The molecule has 0 aliphatic carbocycles. The number of aryl methyl sites for hydroxylation is 2. The molecule has 2 heterocycles. The van der Waals surface area contributed by atoms with Crippen LogP contribution in [0.4, 0.5) is 0 Å². The molecule has 14 heteroatoms. The summed E-state index contributed by atoms with van der Waals surface area (Å²) in [5.74, 6) is -0.344. The van der Waals surface area contributed by atoms with Gasteiger partial charge in [-0.2, -0.15) is 0 Å². The van der Waals surface area contributed by atoms with Gasteiger partial charge in [0.15, 0.2) is 18.1 Å². The van der Waals surface area contributed by atoms with E-state index in [1.54, 1.807) is 26.4 Å². The Morgan fingerprint density at radius 2 is 1.50 bits per heavy atom. The van der Waals surface area contributed by atoms with E-state index >= 15 is 0 Å². The van der Waals surface area contributed by atoms with Crippen LogP contribution in [0.2, 0.25) is 0 Å². The van der Waals surface area contributed by atoms with Crippen LogP contribution >= 0.6 is 0 Å². The topological polar surface area (TPSA) is 168 Å². The number of carbonyl (C=O) groups is 5. The van der Waals surface area contributed by atoms with Gasteiger partial charge in [-0.1, -0.05) is 24.3 Å². The second kappa shape index (κ2) is 18.7. The highest BCUT2D eigenvalue weighted by Gasteiger charge is 2.46. The summed E-state index contributed by atoms with van der Waals surface area (Å²) in [5.41, 5.74) is 2.59. The van der Waals surface area contributed by atoms with Crippen molar-refractivity contribution in [2.45, 2.75) is 38.1 Å². The zero-order valence-corrected chi connectivity index (χ0v) is 29.3. The Hall–Kier alpha value is -5.47. The molecule has 2 aliphatic rings. The molecule has 1 fully saturated rings. The molecule has 0 bridgehead atoms. The molecule has 5 rings (SSSR count). The van der Waals surface area contributed by atoms with Crippen LogP contribution in [-0.4, -0.2) is 101 Å². The fourth-order valence-electron chi connectivity index (χ4n) is 5.88. The molecule has 0 aromatic heterocycles. The van der Waals surface area contributed by atoms with Crippen LogP contribution in [0.1, 0.15) is 51.1 Å². The van der Waals surface area contributed by atoms with Gasteiger partial charge in [-0.15, -0.1) is 0 Å². The average Bonchev–Trinajstić information content (AvgIpc) is 3.41. The van der Waals surface area contributed by atoms with Crippen LogP contribution in [0, 0.1) is 0 Å². The fourth-order valence-corrected chi connectivity index (χ4v) is 5.88. The maximum absolute atomic E-state index is 13.1. The van der Waals surface area contributed by atoms with E-state index < -0.39 is 29.7 Å². The van der Waals surface area contributed by atoms with Crippen molar-refractivity contribution in [3.63, 3.8) is 0 Å². The van der Waals surface area contributed by atoms with Crippen LogP contribution in [0.5, 0.6) is 23.0 Å². The number of amides is 5. The lowest BCUT2D eigenvalue weighted by atomic mass is 10.0. The quantitative estimate of drug-likeness (QED) is 0.130. The molecule has 3 aromatic carbocycles. The summed E-state index contributed by atoms with van der Waals surface area (Å²) in [4.78, 5) is 63.0. The highest BCUT2D eigenvalue weighted by atomic mass is 16.5. The Morgan fingerprint density at radius 1 is 0.788 bits per heavy atom. The van der Waals surface area contributed by atoms with Crippen LogP contribution < -0.4 is 29.6 Å². The monoisotopic (exact) mass is 717 g/mol. The third-order valence-corrected chi connectivity index (χ3v) is 8.53. The Bertz CT molecular complexity index is 1740. The molecule has 1 unspecified atom stereocenters. The van der Waals surface area contributed by atoms with Crippen molar-refractivity contribution in [3.8, 4) is 23.0 Å². The summed E-state index contributed by atoms with van der Waals surface area (Å²) >= 11 is 0. The van der Waals surface area contributed by atoms with Gasteiger partial charge in [0.25, 0.3) is 17.7 Å². The number of benzene rings is 3. The van der Waals surface area contributed by atoms with Crippen LogP contribution in [0.25, 0.3) is 0 Å². The average molecular weight is 718 g/mol. The first-order valence-corrected chi connectivity index (χ1v) is 17.1. The molecule has 14 nitrogen and oxygen atoms in total. The number of methoxy groups -OCH3 is 2. The number of ether oxygens (including phenoxy) is 6. The number of rotatable bonds is 20. The lowest BCUT2D eigenvalue weighted by Gasteiger charge is -2.27. The van der Waals surface area contributed by atoms with E-state index in [1.165, 1.54) is 17.2 Å². The number of nitrogens with one attached hydrogen (secondary N) is 2. The van der Waals surface area contributed by atoms with Crippen molar-refractivity contribution >= 4 is 29.5 Å². The number of hydrogen-bond acceptors (Lipinski definition) is 11. The van der Waals surface area contributed by atoms with E-state index in [1.807, 2.05) is 42.5 Å². The zero-order chi connectivity index (χ0) is 36.9. The van der Waals surface area contributed by atoms with E-state index in [2.05, 4.69) is 10.6 Å². The van der Waals surface area contributed by atoms with Crippen molar-refractivity contribution in [1.82, 2.24) is 15.5 Å². The Labute approximate surface area is 301 Å². The first kappa shape index (κ1) is 37.8. The van der Waals surface area contributed by atoms with Crippen molar-refractivity contribution in [2.24, 2.45) is 0 Å². The van der Waals surface area contributed by atoms with E-state index in [-0.39, 0.29) is 62.1 Å². The Kier molecular flexibility index (Phi) is 13.6. The molecule has 1 saturated heterocycles. The van der Waals surface area contributed by atoms with E-state index in [0.29, 0.717) is 31.3 Å². The normalized spacial score (nSPS) is 15.3. The number of carbonyl (C=O) groups excluding carboxylic acids is 5. The summed E-state index contributed by atoms with van der Waals surface area (Å²) in [6.45, 7) is 1.37. The molecular weight excluding hydrogens is 674 g/mol. The molecule has 276 valence electrons. The highest BCUT2D eigenvalue weighted by Crippen LogP contribution is 2.33. The van der Waals surface area contributed by atoms with Crippen molar-refractivity contribution in [1.29, 1.82) is 0 Å². The van der Waals surface area contributed by atoms with Crippen LogP contribution in [0.15, 0.2) is 60.7 Å². The van der Waals surface area contributed by atoms with Gasteiger partial charge < -0.3 is 33.7 Å². The largest absolute Gasteiger partial charge is 0.493 e. The Morgan fingerprint density at radius 3 is 2.25 bits per heavy atom. The van der Waals surface area contributed by atoms with Crippen molar-refractivity contribution in [2.75, 3.05) is 60.4 Å². The lowest BCUT2D eigenvalue weighted by molar-refractivity contribution is -0.136.